The van der Waals surface area contributed by atoms with Crippen LogP contribution >= 0.6 is 0 Å². The number of hydrogen-bond acceptors (Lipinski definition) is 2. The van der Waals surface area contributed by atoms with Gasteiger partial charge in [-0.3, -0.25) is 0 Å². The van der Waals surface area contributed by atoms with Crippen molar-refractivity contribution in [3.05, 3.63) is 29.3 Å². The van der Waals surface area contributed by atoms with E-state index in [1.54, 1.807) is 0 Å². The third-order valence-electron chi connectivity index (χ3n) is 4.09. The van der Waals surface area contributed by atoms with Crippen LogP contribution in [0.2, 0.25) is 0 Å². The molecule has 2 heteroatoms. The monoisotopic (exact) mass is 232 g/mol. The van der Waals surface area contributed by atoms with Crippen molar-refractivity contribution in [3.8, 4) is 0 Å². The molecule has 1 aliphatic heterocycles. The highest BCUT2D eigenvalue weighted by molar-refractivity contribution is 5.57. The van der Waals surface area contributed by atoms with Crippen molar-refractivity contribution in [1.82, 2.24) is 5.32 Å². The summed E-state index contributed by atoms with van der Waals surface area (Å²) in [5, 5.41) is 3.52. The number of anilines is 1. The molecule has 1 aromatic carbocycles. The Morgan fingerprint density at radius 3 is 2.82 bits per heavy atom. The van der Waals surface area contributed by atoms with Crippen molar-refractivity contribution in [2.75, 3.05) is 24.5 Å². The van der Waals surface area contributed by atoms with E-state index in [9.17, 15) is 0 Å². The Kier molecular flexibility index (Phi) is 3.43. The summed E-state index contributed by atoms with van der Waals surface area (Å²) < 4.78 is 0. The van der Waals surface area contributed by atoms with Gasteiger partial charge in [-0.05, 0) is 44.4 Å². The maximum Gasteiger partial charge on any atom is 0.0496 e. The predicted molar refractivity (Wildman–Crippen MR) is 74.8 cm³/mol. The number of hydrogen-bond donors (Lipinski definition) is 1. The quantitative estimate of drug-likeness (QED) is 0.843. The van der Waals surface area contributed by atoms with E-state index in [2.05, 4.69) is 56.1 Å². The fourth-order valence-electron chi connectivity index (χ4n) is 2.65. The molecule has 0 aromatic heterocycles. The van der Waals surface area contributed by atoms with E-state index in [1.165, 1.54) is 23.2 Å². The lowest BCUT2D eigenvalue weighted by Crippen LogP contribution is -2.59. The number of nitrogens with zero attached hydrogens (tertiary/aromatic N) is 1. The third-order valence-corrected chi connectivity index (χ3v) is 4.09. The van der Waals surface area contributed by atoms with Crippen molar-refractivity contribution in [1.29, 1.82) is 0 Å². The van der Waals surface area contributed by atoms with Crippen LogP contribution in [0.15, 0.2) is 18.2 Å². The largest absolute Gasteiger partial charge is 0.363 e. The van der Waals surface area contributed by atoms with Gasteiger partial charge in [-0.1, -0.05) is 19.1 Å². The van der Waals surface area contributed by atoms with Gasteiger partial charge in [0.15, 0.2) is 0 Å². The second kappa shape index (κ2) is 4.69. The zero-order valence-electron chi connectivity index (χ0n) is 11.5. The molecule has 0 saturated carbocycles. The van der Waals surface area contributed by atoms with Crippen molar-refractivity contribution < 1.29 is 0 Å². The van der Waals surface area contributed by atoms with Crippen LogP contribution in [0.5, 0.6) is 0 Å². The fourth-order valence-corrected chi connectivity index (χ4v) is 2.65. The van der Waals surface area contributed by atoms with Crippen LogP contribution < -0.4 is 10.2 Å². The first-order valence-electron chi connectivity index (χ1n) is 6.62. The zero-order chi connectivity index (χ0) is 12.5. The molecular weight excluding hydrogens is 208 g/mol. The molecule has 1 N–H and O–H groups in total. The average Bonchev–Trinajstić information content (AvgIpc) is 2.33. The Balaban J connectivity index is 2.39. The Labute approximate surface area is 105 Å². The molecule has 2 nitrogen and oxygen atoms in total. The molecule has 1 unspecified atom stereocenters. The lowest BCUT2D eigenvalue weighted by Gasteiger charge is -2.47. The summed E-state index contributed by atoms with van der Waals surface area (Å²) in [6.07, 6.45) is 1.17. The van der Waals surface area contributed by atoms with Crippen LogP contribution in [0.25, 0.3) is 0 Å². The van der Waals surface area contributed by atoms with Gasteiger partial charge in [-0.2, -0.15) is 0 Å². The number of nitrogens with one attached hydrogen (secondary N) is 1. The molecule has 0 aliphatic carbocycles. The van der Waals surface area contributed by atoms with Crippen LogP contribution in [0, 0.1) is 13.8 Å². The number of benzene rings is 1. The molecule has 1 aromatic rings. The van der Waals surface area contributed by atoms with Gasteiger partial charge >= 0.3 is 0 Å². The Morgan fingerprint density at radius 1 is 1.35 bits per heavy atom. The molecule has 1 atom stereocenters. The highest BCUT2D eigenvalue weighted by atomic mass is 15.3. The molecular formula is C15H24N2. The minimum Gasteiger partial charge on any atom is -0.363 e. The molecule has 0 amide bonds. The standard InChI is InChI=1S/C15H24N2/c1-5-15(4)11-16-8-9-17(15)14-10-12(2)6-7-13(14)3/h6-7,10,16H,5,8-9,11H2,1-4H3. The molecule has 2 rings (SSSR count). The number of rotatable bonds is 2. The Bertz CT molecular complexity index is 400. The van der Waals surface area contributed by atoms with E-state index >= 15 is 0 Å². The Hall–Kier alpha value is -1.02. The van der Waals surface area contributed by atoms with Crippen LogP contribution in [0.4, 0.5) is 5.69 Å². The smallest absolute Gasteiger partial charge is 0.0496 e. The summed E-state index contributed by atoms with van der Waals surface area (Å²) in [5.74, 6) is 0. The third kappa shape index (κ3) is 2.32. The van der Waals surface area contributed by atoms with E-state index < -0.39 is 0 Å². The van der Waals surface area contributed by atoms with Crippen molar-refractivity contribution in [3.63, 3.8) is 0 Å². The minimum atomic E-state index is 0.247. The molecule has 17 heavy (non-hydrogen) atoms. The lowest BCUT2D eigenvalue weighted by molar-refractivity contribution is 0.342. The topological polar surface area (TPSA) is 15.3 Å². The van der Waals surface area contributed by atoms with Crippen molar-refractivity contribution >= 4 is 5.69 Å². The van der Waals surface area contributed by atoms with Crippen LogP contribution in [-0.4, -0.2) is 25.2 Å². The van der Waals surface area contributed by atoms with E-state index in [-0.39, 0.29) is 5.54 Å². The van der Waals surface area contributed by atoms with Crippen molar-refractivity contribution in [2.24, 2.45) is 0 Å². The van der Waals surface area contributed by atoms with Gasteiger partial charge in [-0.15, -0.1) is 0 Å². The zero-order valence-corrected chi connectivity index (χ0v) is 11.5. The molecule has 1 heterocycles. The summed E-state index contributed by atoms with van der Waals surface area (Å²) in [6, 6.07) is 6.77. The SMILES string of the molecule is CCC1(C)CNCCN1c1cc(C)ccc1C. The van der Waals surface area contributed by atoms with Gasteiger partial charge in [0, 0.05) is 30.9 Å². The lowest BCUT2D eigenvalue weighted by atomic mass is 9.92. The highest BCUT2D eigenvalue weighted by Gasteiger charge is 2.33. The van der Waals surface area contributed by atoms with Gasteiger partial charge in [-0.25, -0.2) is 0 Å². The van der Waals surface area contributed by atoms with Gasteiger partial charge in [0.2, 0.25) is 0 Å². The summed E-state index contributed by atoms with van der Waals surface area (Å²) in [7, 11) is 0. The number of piperazine rings is 1. The maximum absolute atomic E-state index is 3.52. The van der Waals surface area contributed by atoms with Crippen molar-refractivity contribution in [2.45, 2.75) is 39.7 Å². The summed E-state index contributed by atoms with van der Waals surface area (Å²) in [4.78, 5) is 2.59. The fraction of sp³-hybridized carbons (Fsp3) is 0.600. The van der Waals surface area contributed by atoms with E-state index in [4.69, 9.17) is 0 Å². The molecule has 1 saturated heterocycles. The first-order chi connectivity index (χ1) is 8.07. The molecule has 0 bridgehead atoms. The van der Waals surface area contributed by atoms with Gasteiger partial charge < -0.3 is 10.2 Å². The molecule has 0 spiro atoms. The highest BCUT2D eigenvalue weighted by Crippen LogP contribution is 2.31. The normalized spacial score (nSPS) is 25.1. The van der Waals surface area contributed by atoms with Crippen LogP contribution in [0.3, 0.4) is 0 Å². The second-order valence-electron chi connectivity index (χ2n) is 5.47. The predicted octanol–water partition coefficient (Wildman–Crippen LogP) is 2.88. The molecule has 0 radical (unpaired) electrons. The summed E-state index contributed by atoms with van der Waals surface area (Å²) >= 11 is 0. The first-order valence-corrected chi connectivity index (χ1v) is 6.62. The Morgan fingerprint density at radius 2 is 2.12 bits per heavy atom. The molecule has 1 aliphatic rings. The van der Waals surface area contributed by atoms with Crippen LogP contribution in [0.1, 0.15) is 31.4 Å². The van der Waals surface area contributed by atoms with E-state index in [0.29, 0.717) is 0 Å². The molecule has 94 valence electrons. The summed E-state index contributed by atoms with van der Waals surface area (Å²) in [6.45, 7) is 12.3. The maximum atomic E-state index is 3.52. The number of aryl methyl sites for hydroxylation is 2. The first kappa shape index (κ1) is 12.4. The van der Waals surface area contributed by atoms with Gasteiger partial charge in [0.25, 0.3) is 0 Å². The average molecular weight is 232 g/mol. The van der Waals surface area contributed by atoms with Crippen LogP contribution in [-0.2, 0) is 0 Å². The summed E-state index contributed by atoms with van der Waals surface area (Å²) in [5.41, 5.74) is 4.40. The second-order valence-corrected chi connectivity index (χ2v) is 5.47. The van der Waals surface area contributed by atoms with Gasteiger partial charge in [0.05, 0.1) is 0 Å². The minimum absolute atomic E-state index is 0.247. The van der Waals surface area contributed by atoms with Gasteiger partial charge in [0.1, 0.15) is 0 Å². The molecule has 1 fully saturated rings. The van der Waals surface area contributed by atoms with E-state index in [0.717, 1.165) is 19.6 Å². The van der Waals surface area contributed by atoms with E-state index in [1.807, 2.05) is 0 Å².